The van der Waals surface area contributed by atoms with Crippen molar-refractivity contribution in [1.29, 1.82) is 0 Å². The number of benzene rings is 2. The molecular formula is C21H19CuNO2. The summed E-state index contributed by atoms with van der Waals surface area (Å²) in [5, 5.41) is 14.0. The van der Waals surface area contributed by atoms with Gasteiger partial charge >= 0.3 is 0 Å². The fraction of sp³-hybridized carbons (Fsp3) is 0.0952. The molecule has 0 aromatic heterocycles. The van der Waals surface area contributed by atoms with Crippen molar-refractivity contribution in [3.63, 3.8) is 0 Å². The van der Waals surface area contributed by atoms with Crippen LogP contribution in [0.15, 0.2) is 96.7 Å². The molecule has 0 amide bonds. The zero-order valence-electron chi connectivity index (χ0n) is 13.5. The number of aliphatic hydroxyl groups excluding tert-OH is 1. The van der Waals surface area contributed by atoms with Crippen LogP contribution in [0.4, 0.5) is 0 Å². The zero-order valence-corrected chi connectivity index (χ0v) is 14.4. The standard InChI is InChI=1S/C21H19NO2.Cu/c23-19-14-8-7-13-18(19)15-22-20(16-9-3-1-4-10-16)21(24)17-11-5-2-6-12-17;/h1-15,20-22,24H;/b18-15-;/t20-,21-;/m0./s1. The van der Waals surface area contributed by atoms with Gasteiger partial charge in [0.05, 0.1) is 6.04 Å². The predicted molar refractivity (Wildman–Crippen MR) is 95.1 cm³/mol. The van der Waals surface area contributed by atoms with E-state index in [0.29, 0.717) is 5.57 Å². The Morgan fingerprint density at radius 1 is 0.840 bits per heavy atom. The van der Waals surface area contributed by atoms with Crippen LogP contribution in [0.25, 0.3) is 0 Å². The summed E-state index contributed by atoms with van der Waals surface area (Å²) >= 11 is 0. The van der Waals surface area contributed by atoms with E-state index in [2.05, 4.69) is 5.32 Å². The number of carbonyl (C=O) groups is 1. The second-order valence-corrected chi connectivity index (χ2v) is 5.59. The number of allylic oxidation sites excluding steroid dienone is 5. The van der Waals surface area contributed by atoms with Crippen molar-refractivity contribution in [1.82, 2.24) is 5.32 Å². The predicted octanol–water partition coefficient (Wildman–Crippen LogP) is 3.63. The topological polar surface area (TPSA) is 49.3 Å². The molecule has 3 rings (SSSR count). The van der Waals surface area contributed by atoms with Crippen LogP contribution < -0.4 is 5.32 Å². The summed E-state index contributed by atoms with van der Waals surface area (Å²) in [7, 11) is 0. The second-order valence-electron chi connectivity index (χ2n) is 5.59. The molecule has 1 aliphatic rings. The van der Waals surface area contributed by atoms with Crippen molar-refractivity contribution in [2.24, 2.45) is 0 Å². The average Bonchev–Trinajstić information content (AvgIpc) is 2.65. The van der Waals surface area contributed by atoms with Crippen molar-refractivity contribution < 1.29 is 27.0 Å². The molecule has 0 heterocycles. The molecule has 0 spiro atoms. The zero-order chi connectivity index (χ0) is 16.8. The molecular weight excluding hydrogens is 362 g/mol. The molecule has 3 nitrogen and oxygen atoms in total. The Bertz CT molecular complexity index is 782. The van der Waals surface area contributed by atoms with Crippen molar-refractivity contribution in [2.45, 2.75) is 12.1 Å². The number of rotatable bonds is 5. The molecule has 2 N–H and O–H groups in total. The molecule has 0 aliphatic heterocycles. The number of nitrogens with one attached hydrogen (secondary N) is 1. The summed E-state index contributed by atoms with van der Waals surface area (Å²) < 4.78 is 0. The van der Waals surface area contributed by atoms with Crippen LogP contribution in [0.1, 0.15) is 23.3 Å². The summed E-state index contributed by atoms with van der Waals surface area (Å²) in [6.07, 6.45) is 7.76. The summed E-state index contributed by atoms with van der Waals surface area (Å²) in [5.74, 6) is -0.0500. The summed E-state index contributed by atoms with van der Waals surface area (Å²) in [5.41, 5.74) is 2.34. The first-order valence-electron chi connectivity index (χ1n) is 7.89. The van der Waals surface area contributed by atoms with Crippen molar-refractivity contribution in [3.8, 4) is 0 Å². The third kappa shape index (κ3) is 4.80. The van der Waals surface area contributed by atoms with Gasteiger partial charge in [0, 0.05) is 28.8 Å². The molecule has 2 aromatic carbocycles. The van der Waals surface area contributed by atoms with Gasteiger partial charge in [0.25, 0.3) is 0 Å². The van der Waals surface area contributed by atoms with E-state index < -0.39 is 6.10 Å². The maximum atomic E-state index is 11.9. The Labute approximate surface area is 158 Å². The van der Waals surface area contributed by atoms with E-state index in [1.807, 2.05) is 66.7 Å². The molecule has 0 bridgehead atoms. The van der Waals surface area contributed by atoms with Crippen LogP contribution in [0.2, 0.25) is 0 Å². The van der Waals surface area contributed by atoms with Gasteiger partial charge in [0.1, 0.15) is 6.10 Å². The Morgan fingerprint density at radius 2 is 1.40 bits per heavy atom. The summed E-state index contributed by atoms with van der Waals surface area (Å²) in [6.45, 7) is 0. The molecule has 0 unspecified atom stereocenters. The first-order chi connectivity index (χ1) is 11.8. The van der Waals surface area contributed by atoms with Gasteiger partial charge in [-0.25, -0.2) is 0 Å². The van der Waals surface area contributed by atoms with Crippen LogP contribution in [0.3, 0.4) is 0 Å². The molecule has 1 radical (unpaired) electrons. The van der Waals surface area contributed by atoms with Crippen LogP contribution in [-0.2, 0) is 21.9 Å². The van der Waals surface area contributed by atoms with Crippen molar-refractivity contribution >= 4 is 5.78 Å². The molecule has 0 saturated carbocycles. The SMILES string of the molecule is O=C1C=CC=C/C1=C/N[C@@H](c1ccccc1)[C@@H](O)c1ccccc1.[Cu]. The Kier molecular flexibility index (Phi) is 6.96. The fourth-order valence-electron chi connectivity index (χ4n) is 2.65. The third-order valence-corrected chi connectivity index (χ3v) is 3.95. The van der Waals surface area contributed by atoms with Gasteiger partial charge in [-0.2, -0.15) is 0 Å². The maximum absolute atomic E-state index is 11.9. The van der Waals surface area contributed by atoms with Gasteiger partial charge in [0.15, 0.2) is 5.78 Å². The molecule has 4 heteroatoms. The first-order valence-corrected chi connectivity index (χ1v) is 7.89. The van der Waals surface area contributed by atoms with E-state index in [-0.39, 0.29) is 28.9 Å². The number of ketones is 1. The van der Waals surface area contributed by atoms with Crippen LogP contribution in [0.5, 0.6) is 0 Å². The normalized spacial score (nSPS) is 17.0. The monoisotopic (exact) mass is 380 g/mol. The van der Waals surface area contributed by atoms with Gasteiger partial charge in [0.2, 0.25) is 0 Å². The van der Waals surface area contributed by atoms with Crippen LogP contribution in [0, 0.1) is 0 Å². The molecule has 25 heavy (non-hydrogen) atoms. The minimum Gasteiger partial charge on any atom is -0.386 e. The largest absolute Gasteiger partial charge is 0.386 e. The number of aliphatic hydroxyl groups is 1. The minimum absolute atomic E-state index is 0. The fourth-order valence-corrected chi connectivity index (χ4v) is 2.65. The molecule has 2 atom stereocenters. The van der Waals surface area contributed by atoms with Gasteiger partial charge in [-0.05, 0) is 23.3 Å². The van der Waals surface area contributed by atoms with Gasteiger partial charge < -0.3 is 10.4 Å². The van der Waals surface area contributed by atoms with E-state index in [1.54, 1.807) is 18.4 Å². The van der Waals surface area contributed by atoms with E-state index in [9.17, 15) is 9.90 Å². The van der Waals surface area contributed by atoms with E-state index in [4.69, 9.17) is 0 Å². The molecule has 0 saturated heterocycles. The van der Waals surface area contributed by atoms with E-state index >= 15 is 0 Å². The number of carbonyl (C=O) groups excluding carboxylic acids is 1. The molecule has 131 valence electrons. The van der Waals surface area contributed by atoms with Crippen LogP contribution in [-0.4, -0.2) is 10.9 Å². The quantitative estimate of drug-likeness (QED) is 0.615. The minimum atomic E-state index is -0.733. The third-order valence-electron chi connectivity index (χ3n) is 3.95. The Balaban J connectivity index is 0.00000225. The maximum Gasteiger partial charge on any atom is 0.187 e. The van der Waals surface area contributed by atoms with E-state index in [0.717, 1.165) is 11.1 Å². The van der Waals surface area contributed by atoms with Gasteiger partial charge in [-0.1, -0.05) is 72.8 Å². The van der Waals surface area contributed by atoms with Crippen LogP contribution >= 0.6 is 0 Å². The van der Waals surface area contributed by atoms with Crippen molar-refractivity contribution in [2.75, 3.05) is 0 Å². The molecule has 2 aromatic rings. The smallest absolute Gasteiger partial charge is 0.187 e. The Hall–Kier alpha value is -2.39. The molecule has 0 fully saturated rings. The van der Waals surface area contributed by atoms with Crippen molar-refractivity contribution in [3.05, 3.63) is 108 Å². The Morgan fingerprint density at radius 3 is 2.00 bits per heavy atom. The van der Waals surface area contributed by atoms with Gasteiger partial charge in [-0.15, -0.1) is 0 Å². The summed E-state index contributed by atoms with van der Waals surface area (Å²) in [6, 6.07) is 18.9. The number of hydrogen-bond acceptors (Lipinski definition) is 3. The first kappa shape index (κ1) is 18.9. The molecule has 1 aliphatic carbocycles. The second kappa shape index (κ2) is 9.19. The summed E-state index contributed by atoms with van der Waals surface area (Å²) in [4.78, 5) is 11.9. The van der Waals surface area contributed by atoms with Gasteiger partial charge in [-0.3, -0.25) is 4.79 Å². The average molecular weight is 381 g/mol. The number of hydrogen-bond donors (Lipinski definition) is 2. The van der Waals surface area contributed by atoms with E-state index in [1.165, 1.54) is 6.08 Å².